The Bertz CT molecular complexity index is 1100. The summed E-state index contributed by atoms with van der Waals surface area (Å²) >= 11 is 0. The molecule has 0 radical (unpaired) electrons. The molecule has 0 bridgehead atoms. The highest BCUT2D eigenvalue weighted by molar-refractivity contribution is 5.98. The van der Waals surface area contributed by atoms with Crippen molar-refractivity contribution in [2.24, 2.45) is 5.10 Å². The highest BCUT2D eigenvalue weighted by atomic mass is 19.1. The van der Waals surface area contributed by atoms with E-state index in [1.54, 1.807) is 12.1 Å². The van der Waals surface area contributed by atoms with Gasteiger partial charge < -0.3 is 10.6 Å². The quantitative estimate of drug-likeness (QED) is 0.280. The van der Waals surface area contributed by atoms with Crippen molar-refractivity contribution in [2.45, 2.75) is 6.92 Å². The van der Waals surface area contributed by atoms with Crippen molar-refractivity contribution >= 4 is 34.9 Å². The number of nitrogens with one attached hydrogen (secondary N) is 3. The third kappa shape index (κ3) is 5.60. The lowest BCUT2D eigenvalue weighted by Crippen LogP contribution is -2.08. The SMILES string of the molecule is C/C(=N/Nc1nc(Nc2ccccc2)nc(Nc2ccccc2)n1)c1ccc(F)cc1. The molecule has 0 aliphatic carbocycles. The van der Waals surface area contributed by atoms with Gasteiger partial charge in [-0.05, 0) is 48.9 Å². The maximum Gasteiger partial charge on any atom is 0.250 e. The van der Waals surface area contributed by atoms with Gasteiger partial charge >= 0.3 is 0 Å². The zero-order valence-corrected chi connectivity index (χ0v) is 16.7. The van der Waals surface area contributed by atoms with Crippen LogP contribution in [0.5, 0.6) is 0 Å². The minimum absolute atomic E-state index is 0.258. The van der Waals surface area contributed by atoms with E-state index < -0.39 is 0 Å². The summed E-state index contributed by atoms with van der Waals surface area (Å²) in [5.74, 6) is 0.678. The molecular weight excluding hydrogens is 393 g/mol. The first-order chi connectivity index (χ1) is 15.2. The summed E-state index contributed by atoms with van der Waals surface area (Å²) in [6.07, 6.45) is 0. The Kier molecular flexibility index (Phi) is 6.08. The molecule has 4 aromatic rings. The Morgan fingerprint density at radius 1 is 0.677 bits per heavy atom. The third-order valence-electron chi connectivity index (χ3n) is 4.28. The van der Waals surface area contributed by atoms with Crippen molar-refractivity contribution in [3.05, 3.63) is 96.3 Å². The molecule has 8 heteroatoms. The maximum absolute atomic E-state index is 13.2. The van der Waals surface area contributed by atoms with Crippen LogP contribution in [0.15, 0.2) is 90.0 Å². The highest BCUT2D eigenvalue weighted by Crippen LogP contribution is 2.18. The van der Waals surface area contributed by atoms with Crippen LogP contribution < -0.4 is 16.1 Å². The van der Waals surface area contributed by atoms with Gasteiger partial charge in [-0.3, -0.25) is 0 Å². The van der Waals surface area contributed by atoms with Crippen molar-refractivity contribution < 1.29 is 4.39 Å². The van der Waals surface area contributed by atoms with Gasteiger partial charge in [-0.25, -0.2) is 9.82 Å². The molecule has 1 heterocycles. The molecule has 0 saturated heterocycles. The van der Waals surface area contributed by atoms with E-state index in [1.165, 1.54) is 12.1 Å². The summed E-state index contributed by atoms with van der Waals surface area (Å²) in [6, 6.07) is 25.3. The van der Waals surface area contributed by atoms with E-state index in [9.17, 15) is 4.39 Å². The van der Waals surface area contributed by atoms with Crippen LogP contribution in [0.3, 0.4) is 0 Å². The molecular formula is C23H20FN7. The van der Waals surface area contributed by atoms with Gasteiger partial charge in [0.05, 0.1) is 5.71 Å². The molecule has 0 spiro atoms. The molecule has 1 aromatic heterocycles. The normalized spacial score (nSPS) is 11.1. The van der Waals surface area contributed by atoms with E-state index in [0.717, 1.165) is 16.9 Å². The lowest BCUT2D eigenvalue weighted by atomic mass is 10.1. The summed E-state index contributed by atoms with van der Waals surface area (Å²) in [5, 5.41) is 10.7. The van der Waals surface area contributed by atoms with Gasteiger partial charge in [-0.1, -0.05) is 48.5 Å². The summed E-state index contributed by atoms with van der Waals surface area (Å²) in [4.78, 5) is 13.2. The first-order valence-corrected chi connectivity index (χ1v) is 9.62. The molecule has 0 amide bonds. The van der Waals surface area contributed by atoms with Crippen LogP contribution in [-0.2, 0) is 0 Å². The predicted octanol–water partition coefficient (Wildman–Crippen LogP) is 5.33. The molecule has 31 heavy (non-hydrogen) atoms. The minimum atomic E-state index is -0.296. The molecule has 0 saturated carbocycles. The van der Waals surface area contributed by atoms with Crippen LogP contribution in [0.2, 0.25) is 0 Å². The molecule has 0 atom stereocenters. The minimum Gasteiger partial charge on any atom is -0.324 e. The molecule has 4 rings (SSSR count). The number of hydrazone groups is 1. The van der Waals surface area contributed by atoms with Crippen molar-refractivity contribution in [3.8, 4) is 0 Å². The van der Waals surface area contributed by atoms with Crippen molar-refractivity contribution in [1.29, 1.82) is 0 Å². The second-order valence-corrected chi connectivity index (χ2v) is 6.60. The smallest absolute Gasteiger partial charge is 0.250 e. The van der Waals surface area contributed by atoms with Gasteiger partial charge in [-0.15, -0.1) is 0 Å². The van der Waals surface area contributed by atoms with E-state index in [2.05, 4.69) is 36.1 Å². The van der Waals surface area contributed by atoms with Crippen LogP contribution in [0.4, 0.5) is 33.6 Å². The van der Waals surface area contributed by atoms with Crippen LogP contribution in [0.1, 0.15) is 12.5 Å². The molecule has 0 unspecified atom stereocenters. The van der Waals surface area contributed by atoms with Crippen LogP contribution >= 0.6 is 0 Å². The Balaban J connectivity index is 1.60. The number of halogens is 1. The number of hydrogen-bond donors (Lipinski definition) is 3. The predicted molar refractivity (Wildman–Crippen MR) is 122 cm³/mol. The number of anilines is 5. The van der Waals surface area contributed by atoms with E-state index in [0.29, 0.717) is 17.6 Å². The highest BCUT2D eigenvalue weighted by Gasteiger charge is 2.08. The number of hydrogen-bond acceptors (Lipinski definition) is 7. The summed E-state index contributed by atoms with van der Waals surface area (Å²) < 4.78 is 13.2. The van der Waals surface area contributed by atoms with Crippen LogP contribution in [0, 0.1) is 5.82 Å². The zero-order valence-electron chi connectivity index (χ0n) is 16.7. The number of rotatable bonds is 7. The molecule has 0 aliphatic rings. The monoisotopic (exact) mass is 413 g/mol. The summed E-state index contributed by atoms with van der Waals surface area (Å²) in [7, 11) is 0. The fourth-order valence-corrected chi connectivity index (χ4v) is 2.73. The number of aromatic nitrogens is 3. The number of nitrogens with zero attached hydrogens (tertiary/aromatic N) is 4. The van der Waals surface area contributed by atoms with Crippen molar-refractivity contribution in [1.82, 2.24) is 15.0 Å². The van der Waals surface area contributed by atoms with E-state index in [4.69, 9.17) is 0 Å². The average Bonchev–Trinajstić information content (AvgIpc) is 2.79. The molecule has 0 fully saturated rings. The molecule has 154 valence electrons. The van der Waals surface area contributed by atoms with Gasteiger partial charge in [0.2, 0.25) is 17.8 Å². The van der Waals surface area contributed by atoms with Crippen LogP contribution in [0.25, 0.3) is 0 Å². The van der Waals surface area contributed by atoms with E-state index in [-0.39, 0.29) is 11.8 Å². The summed E-state index contributed by atoms with van der Waals surface area (Å²) in [5.41, 5.74) is 6.00. The van der Waals surface area contributed by atoms with Crippen molar-refractivity contribution in [2.75, 3.05) is 16.1 Å². The molecule has 3 N–H and O–H groups in total. The molecule has 0 aliphatic heterocycles. The Morgan fingerprint density at radius 2 is 1.16 bits per heavy atom. The summed E-state index contributed by atoms with van der Waals surface area (Å²) in [6.45, 7) is 1.81. The Hall–Kier alpha value is -4.33. The Morgan fingerprint density at radius 3 is 1.68 bits per heavy atom. The standard InChI is InChI=1S/C23H20FN7/c1-16(17-12-14-18(24)15-13-17)30-31-23-28-21(25-19-8-4-2-5-9-19)27-22(29-23)26-20-10-6-3-7-11-20/h2-15H,1H3,(H3,25,26,27,28,29,31)/b30-16-. The third-order valence-corrected chi connectivity index (χ3v) is 4.28. The fourth-order valence-electron chi connectivity index (χ4n) is 2.73. The van der Waals surface area contributed by atoms with E-state index in [1.807, 2.05) is 67.6 Å². The molecule has 3 aromatic carbocycles. The van der Waals surface area contributed by atoms with Crippen molar-refractivity contribution in [3.63, 3.8) is 0 Å². The average molecular weight is 413 g/mol. The van der Waals surface area contributed by atoms with Gasteiger partial charge in [0.15, 0.2) is 0 Å². The topological polar surface area (TPSA) is 87.1 Å². The number of benzene rings is 3. The first kappa shape index (κ1) is 20.0. The zero-order chi connectivity index (χ0) is 21.5. The molecule has 7 nitrogen and oxygen atoms in total. The Labute approximate surface area is 179 Å². The van der Waals surface area contributed by atoms with Crippen LogP contribution in [-0.4, -0.2) is 20.7 Å². The van der Waals surface area contributed by atoms with Gasteiger partial charge in [0, 0.05) is 11.4 Å². The van der Waals surface area contributed by atoms with E-state index >= 15 is 0 Å². The maximum atomic E-state index is 13.2. The van der Waals surface area contributed by atoms with Gasteiger partial charge in [0.25, 0.3) is 0 Å². The fraction of sp³-hybridized carbons (Fsp3) is 0.0435. The largest absolute Gasteiger partial charge is 0.324 e. The lowest BCUT2D eigenvalue weighted by Gasteiger charge is -2.10. The van der Waals surface area contributed by atoms with Gasteiger partial charge in [0.1, 0.15) is 5.82 Å². The lowest BCUT2D eigenvalue weighted by molar-refractivity contribution is 0.628. The second-order valence-electron chi connectivity index (χ2n) is 6.60. The van der Waals surface area contributed by atoms with Gasteiger partial charge in [-0.2, -0.15) is 20.1 Å². The first-order valence-electron chi connectivity index (χ1n) is 9.62. The number of para-hydroxylation sites is 2. The second kappa shape index (κ2) is 9.45.